The second kappa shape index (κ2) is 5.71. The lowest BCUT2D eigenvalue weighted by atomic mass is 10.1. The standard InChI is InChI=1S/C15H12O3S/c1-10(16)11-6-2-4-8-13(11)19-14-9-5-3-7-12(14)15(17)18/h2-9H,1H3,(H,17,18). The Morgan fingerprint density at radius 3 is 1.89 bits per heavy atom. The molecule has 0 aliphatic rings. The van der Waals surface area contributed by atoms with Gasteiger partial charge in [0.1, 0.15) is 0 Å². The summed E-state index contributed by atoms with van der Waals surface area (Å²) in [5.41, 5.74) is 0.846. The molecule has 2 aromatic carbocycles. The molecule has 0 amide bonds. The van der Waals surface area contributed by atoms with Crippen LogP contribution in [0.3, 0.4) is 0 Å². The number of aromatic carboxylic acids is 1. The Balaban J connectivity index is 2.42. The van der Waals surface area contributed by atoms with Crippen LogP contribution in [0.4, 0.5) is 0 Å². The topological polar surface area (TPSA) is 54.4 Å². The van der Waals surface area contributed by atoms with Crippen molar-refractivity contribution in [2.24, 2.45) is 0 Å². The SMILES string of the molecule is CC(=O)c1ccccc1Sc1ccccc1C(=O)O. The Bertz CT molecular complexity index is 579. The molecule has 96 valence electrons. The van der Waals surface area contributed by atoms with Gasteiger partial charge in [-0.1, -0.05) is 42.1 Å². The monoisotopic (exact) mass is 272 g/mol. The number of carbonyl (C=O) groups excluding carboxylic acids is 1. The normalized spacial score (nSPS) is 10.2. The predicted octanol–water partition coefficient (Wildman–Crippen LogP) is 3.74. The van der Waals surface area contributed by atoms with Crippen molar-refractivity contribution in [2.75, 3.05) is 0 Å². The molecule has 0 radical (unpaired) electrons. The average molecular weight is 272 g/mol. The van der Waals surface area contributed by atoms with Gasteiger partial charge in [-0.2, -0.15) is 0 Å². The second-order valence-electron chi connectivity index (χ2n) is 3.96. The molecule has 0 saturated heterocycles. The van der Waals surface area contributed by atoms with Gasteiger partial charge < -0.3 is 5.11 Å². The summed E-state index contributed by atoms with van der Waals surface area (Å²) in [6, 6.07) is 14.0. The maximum Gasteiger partial charge on any atom is 0.336 e. The first-order chi connectivity index (χ1) is 9.09. The Morgan fingerprint density at radius 1 is 0.895 bits per heavy atom. The number of benzene rings is 2. The van der Waals surface area contributed by atoms with Crippen molar-refractivity contribution in [1.82, 2.24) is 0 Å². The van der Waals surface area contributed by atoms with Crippen molar-refractivity contribution in [2.45, 2.75) is 16.7 Å². The number of carbonyl (C=O) groups is 2. The number of rotatable bonds is 4. The van der Waals surface area contributed by atoms with Crippen molar-refractivity contribution in [3.8, 4) is 0 Å². The van der Waals surface area contributed by atoms with Gasteiger partial charge in [0.25, 0.3) is 0 Å². The lowest BCUT2D eigenvalue weighted by molar-refractivity contribution is 0.0693. The van der Waals surface area contributed by atoms with E-state index in [9.17, 15) is 9.59 Å². The minimum atomic E-state index is -0.969. The van der Waals surface area contributed by atoms with Gasteiger partial charge in [-0.25, -0.2) is 4.79 Å². The third kappa shape index (κ3) is 3.03. The lowest BCUT2D eigenvalue weighted by Crippen LogP contribution is -1.99. The van der Waals surface area contributed by atoms with Crippen LogP contribution in [0, 0.1) is 0 Å². The zero-order valence-electron chi connectivity index (χ0n) is 10.3. The van der Waals surface area contributed by atoms with Gasteiger partial charge in [0.2, 0.25) is 0 Å². The predicted molar refractivity (Wildman–Crippen MR) is 74.0 cm³/mol. The van der Waals surface area contributed by atoms with Crippen LogP contribution in [-0.4, -0.2) is 16.9 Å². The molecule has 0 atom stereocenters. The summed E-state index contributed by atoms with van der Waals surface area (Å²) in [5.74, 6) is -1.00. The van der Waals surface area contributed by atoms with E-state index in [0.717, 1.165) is 4.90 Å². The fourth-order valence-corrected chi connectivity index (χ4v) is 2.81. The van der Waals surface area contributed by atoms with Gasteiger partial charge >= 0.3 is 5.97 Å². The Kier molecular flexibility index (Phi) is 4.02. The van der Waals surface area contributed by atoms with Gasteiger partial charge in [-0.3, -0.25) is 4.79 Å². The zero-order chi connectivity index (χ0) is 13.8. The van der Waals surface area contributed by atoms with Crippen LogP contribution in [0.2, 0.25) is 0 Å². The molecule has 0 fully saturated rings. The van der Waals surface area contributed by atoms with Gasteiger partial charge in [-0.15, -0.1) is 0 Å². The molecule has 0 aliphatic heterocycles. The number of carboxylic acids is 1. The quantitative estimate of drug-likeness (QED) is 0.861. The zero-order valence-corrected chi connectivity index (χ0v) is 11.1. The van der Waals surface area contributed by atoms with E-state index in [1.165, 1.54) is 18.7 Å². The first-order valence-corrected chi connectivity index (χ1v) is 6.51. The minimum absolute atomic E-state index is 0.0316. The summed E-state index contributed by atoms with van der Waals surface area (Å²) in [6.07, 6.45) is 0. The van der Waals surface area contributed by atoms with E-state index in [1.807, 2.05) is 12.1 Å². The summed E-state index contributed by atoms with van der Waals surface area (Å²) >= 11 is 1.30. The molecule has 4 heteroatoms. The first kappa shape index (κ1) is 13.4. The third-order valence-electron chi connectivity index (χ3n) is 2.60. The summed E-state index contributed by atoms with van der Waals surface area (Å²) in [4.78, 5) is 24.1. The van der Waals surface area contributed by atoms with E-state index in [-0.39, 0.29) is 11.3 Å². The fraction of sp³-hybridized carbons (Fsp3) is 0.0667. The Morgan fingerprint density at radius 2 is 1.37 bits per heavy atom. The van der Waals surface area contributed by atoms with Gasteiger partial charge in [0.05, 0.1) is 5.56 Å². The highest BCUT2D eigenvalue weighted by molar-refractivity contribution is 7.99. The molecule has 0 heterocycles. The van der Waals surface area contributed by atoms with Crippen molar-refractivity contribution in [3.05, 3.63) is 59.7 Å². The maximum absolute atomic E-state index is 11.5. The van der Waals surface area contributed by atoms with Crippen molar-refractivity contribution in [3.63, 3.8) is 0 Å². The van der Waals surface area contributed by atoms with Crippen molar-refractivity contribution < 1.29 is 14.7 Å². The van der Waals surface area contributed by atoms with Crippen molar-refractivity contribution >= 4 is 23.5 Å². The van der Waals surface area contributed by atoms with E-state index in [1.54, 1.807) is 36.4 Å². The van der Waals surface area contributed by atoms with Crippen LogP contribution in [0.15, 0.2) is 58.3 Å². The Labute approximate surface area is 115 Å². The molecule has 0 unspecified atom stereocenters. The average Bonchev–Trinajstić information content (AvgIpc) is 2.39. The van der Waals surface area contributed by atoms with Crippen molar-refractivity contribution in [1.29, 1.82) is 0 Å². The molecule has 3 nitrogen and oxygen atoms in total. The second-order valence-corrected chi connectivity index (χ2v) is 5.04. The molecule has 0 saturated carbocycles. The highest BCUT2D eigenvalue weighted by atomic mass is 32.2. The van der Waals surface area contributed by atoms with E-state index >= 15 is 0 Å². The smallest absolute Gasteiger partial charge is 0.336 e. The van der Waals surface area contributed by atoms with Crippen LogP contribution in [0.1, 0.15) is 27.6 Å². The highest BCUT2D eigenvalue weighted by Gasteiger charge is 2.13. The van der Waals surface area contributed by atoms with Crippen LogP contribution in [0.5, 0.6) is 0 Å². The molecular formula is C15H12O3S. The van der Waals surface area contributed by atoms with E-state index in [4.69, 9.17) is 5.11 Å². The fourth-order valence-electron chi connectivity index (χ4n) is 1.70. The van der Waals surface area contributed by atoms with Crippen LogP contribution in [-0.2, 0) is 0 Å². The maximum atomic E-state index is 11.5. The number of carboxylic acid groups (broad SMARTS) is 1. The molecule has 0 spiro atoms. The number of Topliss-reactive ketones (excluding diaryl/α,β-unsaturated/α-hetero) is 1. The minimum Gasteiger partial charge on any atom is -0.478 e. The molecule has 0 aromatic heterocycles. The van der Waals surface area contributed by atoms with Crippen LogP contribution in [0.25, 0.3) is 0 Å². The molecular weight excluding hydrogens is 260 g/mol. The molecule has 2 rings (SSSR count). The highest BCUT2D eigenvalue weighted by Crippen LogP contribution is 2.32. The number of hydrogen-bond donors (Lipinski definition) is 1. The summed E-state index contributed by atoms with van der Waals surface area (Å²) in [7, 11) is 0. The van der Waals surface area contributed by atoms with Gasteiger partial charge in [0.15, 0.2) is 5.78 Å². The molecule has 0 bridgehead atoms. The molecule has 2 aromatic rings. The number of hydrogen-bond acceptors (Lipinski definition) is 3. The Hall–Kier alpha value is -2.07. The summed E-state index contributed by atoms with van der Waals surface area (Å²) < 4.78 is 0. The van der Waals surface area contributed by atoms with E-state index < -0.39 is 5.97 Å². The van der Waals surface area contributed by atoms with Gasteiger partial charge in [0, 0.05) is 15.4 Å². The number of ketones is 1. The third-order valence-corrected chi connectivity index (χ3v) is 3.76. The first-order valence-electron chi connectivity index (χ1n) is 5.69. The van der Waals surface area contributed by atoms with Crippen LogP contribution >= 0.6 is 11.8 Å². The largest absolute Gasteiger partial charge is 0.478 e. The van der Waals surface area contributed by atoms with Gasteiger partial charge in [-0.05, 0) is 25.1 Å². The molecule has 0 aliphatic carbocycles. The molecule has 1 N–H and O–H groups in total. The summed E-state index contributed by atoms with van der Waals surface area (Å²) in [6.45, 7) is 1.50. The van der Waals surface area contributed by atoms with Crippen LogP contribution < -0.4 is 0 Å². The van der Waals surface area contributed by atoms with E-state index in [2.05, 4.69) is 0 Å². The lowest BCUT2D eigenvalue weighted by Gasteiger charge is -2.08. The van der Waals surface area contributed by atoms with E-state index in [0.29, 0.717) is 10.5 Å². The summed E-state index contributed by atoms with van der Waals surface area (Å²) in [5, 5.41) is 9.14. The molecule has 19 heavy (non-hydrogen) atoms.